The SMILES string of the molecule is CN1CCC(c2ccc(N(C)CCCN)nn2)C1. The molecule has 2 heterocycles. The number of likely N-dealkylation sites (tertiary alicyclic amines) is 1. The number of aromatic nitrogens is 2. The molecule has 0 bridgehead atoms. The second-order valence-electron chi connectivity index (χ2n) is 5.13. The highest BCUT2D eigenvalue weighted by Crippen LogP contribution is 2.24. The van der Waals surface area contributed by atoms with Crippen molar-refractivity contribution in [1.29, 1.82) is 0 Å². The molecular formula is C13H23N5. The van der Waals surface area contributed by atoms with Gasteiger partial charge in [0.25, 0.3) is 0 Å². The first-order valence-corrected chi connectivity index (χ1v) is 6.64. The predicted molar refractivity (Wildman–Crippen MR) is 73.8 cm³/mol. The molecule has 0 radical (unpaired) electrons. The lowest BCUT2D eigenvalue weighted by Crippen LogP contribution is -2.22. The Balaban J connectivity index is 1.96. The van der Waals surface area contributed by atoms with E-state index in [2.05, 4.69) is 39.2 Å². The minimum Gasteiger partial charge on any atom is -0.358 e. The van der Waals surface area contributed by atoms with Gasteiger partial charge in [-0.15, -0.1) is 5.10 Å². The first-order chi connectivity index (χ1) is 8.70. The topological polar surface area (TPSA) is 58.3 Å². The largest absolute Gasteiger partial charge is 0.358 e. The van der Waals surface area contributed by atoms with Crippen LogP contribution in [0.3, 0.4) is 0 Å². The van der Waals surface area contributed by atoms with Gasteiger partial charge in [0.15, 0.2) is 5.82 Å². The van der Waals surface area contributed by atoms with Crippen LogP contribution < -0.4 is 10.6 Å². The Morgan fingerprint density at radius 1 is 1.44 bits per heavy atom. The Hall–Kier alpha value is -1.20. The summed E-state index contributed by atoms with van der Waals surface area (Å²) >= 11 is 0. The molecule has 0 spiro atoms. The highest BCUT2D eigenvalue weighted by molar-refractivity contribution is 5.36. The van der Waals surface area contributed by atoms with E-state index in [1.54, 1.807) is 0 Å². The second kappa shape index (κ2) is 6.11. The summed E-state index contributed by atoms with van der Waals surface area (Å²) in [5.74, 6) is 1.48. The molecule has 2 N–H and O–H groups in total. The molecular weight excluding hydrogens is 226 g/mol. The molecule has 100 valence electrons. The van der Waals surface area contributed by atoms with Crippen molar-refractivity contribution in [2.24, 2.45) is 5.73 Å². The van der Waals surface area contributed by atoms with Gasteiger partial charge in [0.2, 0.25) is 0 Å². The fourth-order valence-electron chi connectivity index (χ4n) is 2.38. The van der Waals surface area contributed by atoms with Crippen molar-refractivity contribution in [3.8, 4) is 0 Å². The molecule has 18 heavy (non-hydrogen) atoms. The highest BCUT2D eigenvalue weighted by Gasteiger charge is 2.22. The summed E-state index contributed by atoms with van der Waals surface area (Å²) in [5.41, 5.74) is 6.63. The number of hydrogen-bond donors (Lipinski definition) is 1. The average molecular weight is 249 g/mol. The molecule has 1 aromatic rings. The normalized spacial score (nSPS) is 20.3. The van der Waals surface area contributed by atoms with E-state index in [1.165, 1.54) is 6.42 Å². The molecule has 0 saturated carbocycles. The van der Waals surface area contributed by atoms with Gasteiger partial charge >= 0.3 is 0 Å². The molecule has 0 aromatic carbocycles. The van der Waals surface area contributed by atoms with Crippen molar-refractivity contribution in [3.05, 3.63) is 17.8 Å². The molecule has 0 amide bonds. The summed E-state index contributed by atoms with van der Waals surface area (Å²) in [6.45, 7) is 3.89. The third-order valence-electron chi connectivity index (χ3n) is 3.57. The van der Waals surface area contributed by atoms with E-state index in [0.29, 0.717) is 12.5 Å². The monoisotopic (exact) mass is 249 g/mol. The Morgan fingerprint density at radius 2 is 2.28 bits per heavy atom. The minimum atomic E-state index is 0.547. The van der Waals surface area contributed by atoms with Crippen molar-refractivity contribution < 1.29 is 0 Å². The maximum Gasteiger partial charge on any atom is 0.150 e. The van der Waals surface area contributed by atoms with Gasteiger partial charge in [0.05, 0.1) is 5.69 Å². The lowest BCUT2D eigenvalue weighted by molar-refractivity contribution is 0.410. The average Bonchev–Trinajstić information content (AvgIpc) is 2.83. The molecule has 2 rings (SSSR count). The second-order valence-corrected chi connectivity index (χ2v) is 5.13. The Labute approximate surface area is 109 Å². The molecule has 1 aromatic heterocycles. The zero-order valence-electron chi connectivity index (χ0n) is 11.3. The molecule has 1 aliphatic rings. The third-order valence-corrected chi connectivity index (χ3v) is 3.57. The zero-order valence-corrected chi connectivity index (χ0v) is 11.3. The maximum absolute atomic E-state index is 5.51. The van der Waals surface area contributed by atoms with Gasteiger partial charge < -0.3 is 15.5 Å². The van der Waals surface area contributed by atoms with E-state index in [-0.39, 0.29) is 0 Å². The maximum atomic E-state index is 5.51. The van der Waals surface area contributed by atoms with Gasteiger partial charge in [-0.2, -0.15) is 5.10 Å². The molecule has 5 nitrogen and oxygen atoms in total. The summed E-state index contributed by atoms with van der Waals surface area (Å²) in [6, 6.07) is 4.18. The van der Waals surface area contributed by atoms with Crippen LogP contribution >= 0.6 is 0 Å². The van der Waals surface area contributed by atoms with Gasteiger partial charge in [-0.3, -0.25) is 0 Å². The van der Waals surface area contributed by atoms with Crippen molar-refractivity contribution in [3.63, 3.8) is 0 Å². The quantitative estimate of drug-likeness (QED) is 0.831. The molecule has 1 aliphatic heterocycles. The number of nitrogens with zero attached hydrogens (tertiary/aromatic N) is 4. The van der Waals surface area contributed by atoms with Crippen LogP contribution in [-0.4, -0.2) is 55.4 Å². The number of hydrogen-bond acceptors (Lipinski definition) is 5. The van der Waals surface area contributed by atoms with Crippen LogP contribution in [0.25, 0.3) is 0 Å². The van der Waals surface area contributed by atoms with Gasteiger partial charge in [-0.25, -0.2) is 0 Å². The van der Waals surface area contributed by atoms with Crippen LogP contribution in [0.2, 0.25) is 0 Å². The Kier molecular flexibility index (Phi) is 4.49. The summed E-state index contributed by atoms with van der Waals surface area (Å²) < 4.78 is 0. The van der Waals surface area contributed by atoms with Gasteiger partial charge in [0.1, 0.15) is 0 Å². The third kappa shape index (κ3) is 3.17. The molecule has 0 aliphatic carbocycles. The van der Waals surface area contributed by atoms with Crippen LogP contribution in [0, 0.1) is 0 Å². The molecule has 1 unspecified atom stereocenters. The summed E-state index contributed by atoms with van der Waals surface area (Å²) in [4.78, 5) is 4.44. The molecule has 5 heteroatoms. The number of anilines is 1. The van der Waals surface area contributed by atoms with E-state index in [0.717, 1.165) is 37.6 Å². The van der Waals surface area contributed by atoms with E-state index >= 15 is 0 Å². The Bertz CT molecular complexity index is 364. The van der Waals surface area contributed by atoms with E-state index in [9.17, 15) is 0 Å². The van der Waals surface area contributed by atoms with Crippen LogP contribution in [0.4, 0.5) is 5.82 Å². The van der Waals surface area contributed by atoms with Crippen LogP contribution in [0.5, 0.6) is 0 Å². The van der Waals surface area contributed by atoms with Crippen molar-refractivity contribution >= 4 is 5.82 Å². The Morgan fingerprint density at radius 3 is 2.83 bits per heavy atom. The van der Waals surface area contributed by atoms with Crippen LogP contribution in [-0.2, 0) is 0 Å². The number of nitrogens with two attached hydrogens (primary N) is 1. The first kappa shape index (κ1) is 13.2. The zero-order chi connectivity index (χ0) is 13.0. The molecule has 1 saturated heterocycles. The summed E-state index contributed by atoms with van der Waals surface area (Å²) in [6.07, 6.45) is 2.17. The van der Waals surface area contributed by atoms with Crippen molar-refractivity contribution in [2.75, 3.05) is 45.2 Å². The number of likely N-dealkylation sites (N-methyl/N-ethyl adjacent to an activating group) is 1. The standard InChI is InChI=1S/C13H23N5/c1-17-9-6-11(10-17)12-4-5-13(16-15-12)18(2)8-3-7-14/h4-5,11H,3,6-10,14H2,1-2H3. The summed E-state index contributed by atoms with van der Waals surface area (Å²) in [5, 5.41) is 8.69. The fourth-order valence-corrected chi connectivity index (χ4v) is 2.38. The molecule has 1 atom stereocenters. The highest BCUT2D eigenvalue weighted by atomic mass is 15.2. The number of rotatable bonds is 5. The minimum absolute atomic E-state index is 0.547. The fraction of sp³-hybridized carbons (Fsp3) is 0.692. The van der Waals surface area contributed by atoms with Crippen LogP contribution in [0.15, 0.2) is 12.1 Å². The van der Waals surface area contributed by atoms with Crippen molar-refractivity contribution in [2.45, 2.75) is 18.8 Å². The van der Waals surface area contributed by atoms with Crippen LogP contribution in [0.1, 0.15) is 24.5 Å². The first-order valence-electron chi connectivity index (χ1n) is 6.64. The smallest absolute Gasteiger partial charge is 0.150 e. The predicted octanol–water partition coefficient (Wildman–Crippen LogP) is 0.681. The van der Waals surface area contributed by atoms with Gasteiger partial charge in [0, 0.05) is 26.1 Å². The van der Waals surface area contributed by atoms with E-state index in [4.69, 9.17) is 5.73 Å². The van der Waals surface area contributed by atoms with E-state index in [1.807, 2.05) is 7.05 Å². The van der Waals surface area contributed by atoms with Gasteiger partial charge in [-0.1, -0.05) is 0 Å². The van der Waals surface area contributed by atoms with Crippen molar-refractivity contribution in [1.82, 2.24) is 15.1 Å². The van der Waals surface area contributed by atoms with E-state index < -0.39 is 0 Å². The lowest BCUT2D eigenvalue weighted by atomic mass is 10.1. The van der Waals surface area contributed by atoms with Gasteiger partial charge in [-0.05, 0) is 45.1 Å². The molecule has 1 fully saturated rings. The summed E-state index contributed by atoms with van der Waals surface area (Å²) in [7, 11) is 4.19. The lowest BCUT2D eigenvalue weighted by Gasteiger charge is -2.17.